The van der Waals surface area contributed by atoms with Gasteiger partial charge in [-0.15, -0.1) is 0 Å². The van der Waals surface area contributed by atoms with Crippen LogP contribution in [-0.2, 0) is 10.3 Å². The molecular formula is C19H26ClN3O2. The van der Waals surface area contributed by atoms with E-state index in [9.17, 15) is 4.79 Å². The normalized spacial score (nSPS) is 11.4. The van der Waals surface area contributed by atoms with E-state index in [1.54, 1.807) is 0 Å². The van der Waals surface area contributed by atoms with Gasteiger partial charge in [0.25, 0.3) is 0 Å². The van der Waals surface area contributed by atoms with E-state index in [1.807, 2.05) is 42.8 Å². The Kier molecular flexibility index (Phi) is 6.11. The highest BCUT2D eigenvalue weighted by molar-refractivity contribution is 6.31. The SMILES string of the molecule is Cc1cc(NC(=O)CCCOc2ccc(Cl)c(C)c2)n(C(C)(C)C)n1. The van der Waals surface area contributed by atoms with Crippen LogP contribution < -0.4 is 10.1 Å². The number of carbonyl (C=O) groups is 1. The molecule has 5 nitrogen and oxygen atoms in total. The Hall–Kier alpha value is -2.01. The van der Waals surface area contributed by atoms with Gasteiger partial charge in [0.15, 0.2) is 0 Å². The van der Waals surface area contributed by atoms with Crippen LogP contribution in [0.5, 0.6) is 5.75 Å². The number of hydrogen-bond donors (Lipinski definition) is 1. The number of nitrogens with one attached hydrogen (secondary N) is 1. The molecule has 1 amide bonds. The topological polar surface area (TPSA) is 56.1 Å². The summed E-state index contributed by atoms with van der Waals surface area (Å²) < 4.78 is 7.51. The van der Waals surface area contributed by atoms with Gasteiger partial charge >= 0.3 is 0 Å². The third-order valence-corrected chi connectivity index (χ3v) is 4.10. The highest BCUT2D eigenvalue weighted by atomic mass is 35.5. The third kappa shape index (κ3) is 5.49. The zero-order valence-electron chi connectivity index (χ0n) is 15.5. The quantitative estimate of drug-likeness (QED) is 0.756. The van der Waals surface area contributed by atoms with Crippen molar-refractivity contribution >= 4 is 23.3 Å². The average molecular weight is 364 g/mol. The summed E-state index contributed by atoms with van der Waals surface area (Å²) in [6.45, 7) is 10.5. The Morgan fingerprint density at radius 1 is 1.28 bits per heavy atom. The van der Waals surface area contributed by atoms with Crippen molar-refractivity contribution in [1.29, 1.82) is 0 Å². The second-order valence-corrected chi connectivity index (χ2v) is 7.57. The molecule has 6 heteroatoms. The van der Waals surface area contributed by atoms with Crippen LogP contribution in [0.15, 0.2) is 24.3 Å². The molecule has 1 aromatic heterocycles. The average Bonchev–Trinajstić information content (AvgIpc) is 2.88. The molecule has 2 rings (SSSR count). The number of ether oxygens (including phenoxy) is 1. The van der Waals surface area contributed by atoms with Crippen molar-refractivity contribution in [3.05, 3.63) is 40.5 Å². The fraction of sp³-hybridized carbons (Fsp3) is 0.474. The fourth-order valence-corrected chi connectivity index (χ4v) is 2.55. The van der Waals surface area contributed by atoms with Crippen molar-refractivity contribution in [2.24, 2.45) is 0 Å². The molecule has 2 aromatic rings. The summed E-state index contributed by atoms with van der Waals surface area (Å²) in [6.07, 6.45) is 1.02. The zero-order valence-corrected chi connectivity index (χ0v) is 16.3. The number of carbonyl (C=O) groups excluding carboxylic acids is 1. The molecule has 0 bridgehead atoms. The molecule has 1 heterocycles. The molecule has 25 heavy (non-hydrogen) atoms. The summed E-state index contributed by atoms with van der Waals surface area (Å²) in [5.41, 5.74) is 1.67. The number of halogens is 1. The van der Waals surface area contributed by atoms with Crippen molar-refractivity contribution in [3.63, 3.8) is 0 Å². The van der Waals surface area contributed by atoms with Crippen molar-refractivity contribution in [3.8, 4) is 5.75 Å². The lowest BCUT2D eigenvalue weighted by molar-refractivity contribution is -0.116. The number of aryl methyl sites for hydroxylation is 2. The minimum atomic E-state index is -0.188. The van der Waals surface area contributed by atoms with Crippen LogP contribution in [0.25, 0.3) is 0 Å². The van der Waals surface area contributed by atoms with Crippen LogP contribution in [0.1, 0.15) is 44.9 Å². The standard InChI is InChI=1S/C19H26ClN3O2/c1-13-11-15(8-9-16(13)20)25-10-6-7-18(24)21-17-12-14(2)22-23(17)19(3,4)5/h8-9,11-12H,6-7,10H2,1-5H3,(H,21,24). The molecule has 0 atom stereocenters. The number of benzene rings is 1. The van der Waals surface area contributed by atoms with E-state index in [4.69, 9.17) is 16.3 Å². The van der Waals surface area contributed by atoms with Crippen LogP contribution in [0.4, 0.5) is 5.82 Å². The number of rotatable bonds is 6. The van der Waals surface area contributed by atoms with Gasteiger partial charge in [-0.2, -0.15) is 5.10 Å². The molecule has 0 saturated carbocycles. The predicted molar refractivity (Wildman–Crippen MR) is 102 cm³/mol. The predicted octanol–water partition coefficient (Wildman–Crippen LogP) is 4.71. The van der Waals surface area contributed by atoms with Crippen LogP contribution in [-0.4, -0.2) is 22.3 Å². The van der Waals surface area contributed by atoms with E-state index in [1.165, 1.54) is 0 Å². The Labute approximate surface area is 154 Å². The van der Waals surface area contributed by atoms with Gasteiger partial charge in [0, 0.05) is 17.5 Å². The van der Waals surface area contributed by atoms with Crippen LogP contribution in [0.2, 0.25) is 5.02 Å². The Balaban J connectivity index is 1.82. The van der Waals surface area contributed by atoms with Crippen LogP contribution in [0.3, 0.4) is 0 Å². The highest BCUT2D eigenvalue weighted by Crippen LogP contribution is 2.22. The number of nitrogens with zero attached hydrogens (tertiary/aromatic N) is 2. The maximum atomic E-state index is 12.2. The van der Waals surface area contributed by atoms with Gasteiger partial charge in [0.2, 0.25) is 5.91 Å². The zero-order chi connectivity index (χ0) is 18.6. The van der Waals surface area contributed by atoms with Gasteiger partial charge in [0.05, 0.1) is 17.8 Å². The largest absolute Gasteiger partial charge is 0.494 e. The van der Waals surface area contributed by atoms with E-state index < -0.39 is 0 Å². The van der Waals surface area contributed by atoms with Gasteiger partial charge in [-0.25, -0.2) is 4.68 Å². The van der Waals surface area contributed by atoms with Gasteiger partial charge in [-0.1, -0.05) is 11.6 Å². The lowest BCUT2D eigenvalue weighted by Crippen LogP contribution is -2.26. The highest BCUT2D eigenvalue weighted by Gasteiger charge is 2.19. The van der Waals surface area contributed by atoms with Gasteiger partial charge < -0.3 is 10.1 Å². The smallest absolute Gasteiger partial charge is 0.225 e. The minimum Gasteiger partial charge on any atom is -0.494 e. The first-order chi connectivity index (χ1) is 11.7. The van der Waals surface area contributed by atoms with E-state index in [-0.39, 0.29) is 11.4 Å². The molecule has 0 saturated heterocycles. The molecule has 1 aromatic carbocycles. The second-order valence-electron chi connectivity index (χ2n) is 7.16. The third-order valence-electron chi connectivity index (χ3n) is 3.68. The number of aromatic nitrogens is 2. The number of amides is 1. The molecule has 1 N–H and O–H groups in total. The molecule has 0 aliphatic heterocycles. The van der Waals surface area contributed by atoms with Crippen LogP contribution in [0, 0.1) is 13.8 Å². The maximum Gasteiger partial charge on any atom is 0.225 e. The summed E-state index contributed by atoms with van der Waals surface area (Å²) in [5.74, 6) is 1.45. The van der Waals surface area contributed by atoms with Crippen molar-refractivity contribution in [2.75, 3.05) is 11.9 Å². The lowest BCUT2D eigenvalue weighted by atomic mass is 10.1. The molecular weight excluding hydrogens is 338 g/mol. The molecule has 0 spiro atoms. The van der Waals surface area contributed by atoms with E-state index in [0.29, 0.717) is 19.4 Å². The van der Waals surface area contributed by atoms with E-state index >= 15 is 0 Å². The van der Waals surface area contributed by atoms with Gasteiger partial charge in [0.1, 0.15) is 11.6 Å². The molecule has 0 fully saturated rings. The molecule has 0 aliphatic carbocycles. The van der Waals surface area contributed by atoms with Crippen molar-refractivity contribution < 1.29 is 9.53 Å². The van der Waals surface area contributed by atoms with E-state index in [2.05, 4.69) is 31.2 Å². The molecule has 0 aliphatic rings. The summed E-state index contributed by atoms with van der Waals surface area (Å²) in [5, 5.41) is 8.11. The molecule has 136 valence electrons. The molecule has 0 unspecified atom stereocenters. The maximum absolute atomic E-state index is 12.2. The fourth-order valence-electron chi connectivity index (χ4n) is 2.43. The minimum absolute atomic E-state index is 0.0405. The monoisotopic (exact) mass is 363 g/mol. The second kappa shape index (κ2) is 7.91. The Morgan fingerprint density at radius 2 is 2.00 bits per heavy atom. The molecule has 0 radical (unpaired) electrons. The first-order valence-corrected chi connectivity index (χ1v) is 8.80. The van der Waals surface area contributed by atoms with Crippen LogP contribution >= 0.6 is 11.6 Å². The van der Waals surface area contributed by atoms with Crippen molar-refractivity contribution in [2.45, 2.75) is 53.0 Å². The van der Waals surface area contributed by atoms with Gasteiger partial charge in [-0.3, -0.25) is 4.79 Å². The van der Waals surface area contributed by atoms with Crippen molar-refractivity contribution in [1.82, 2.24) is 9.78 Å². The first kappa shape index (κ1) is 19.3. The summed E-state index contributed by atoms with van der Waals surface area (Å²) in [4.78, 5) is 12.2. The number of hydrogen-bond acceptors (Lipinski definition) is 3. The van der Waals surface area contributed by atoms with Gasteiger partial charge in [-0.05, 0) is 64.8 Å². The van der Waals surface area contributed by atoms with E-state index in [0.717, 1.165) is 27.8 Å². The Morgan fingerprint density at radius 3 is 2.64 bits per heavy atom. The first-order valence-electron chi connectivity index (χ1n) is 8.43. The Bertz CT molecular complexity index is 748. The summed E-state index contributed by atoms with van der Waals surface area (Å²) in [7, 11) is 0. The summed E-state index contributed by atoms with van der Waals surface area (Å²) >= 11 is 5.99. The number of anilines is 1. The lowest BCUT2D eigenvalue weighted by Gasteiger charge is -2.22. The summed E-state index contributed by atoms with van der Waals surface area (Å²) in [6, 6.07) is 7.43.